The minimum absolute atomic E-state index is 0.201. The summed E-state index contributed by atoms with van der Waals surface area (Å²) in [5.41, 5.74) is 9.29. The van der Waals surface area contributed by atoms with Gasteiger partial charge in [-0.25, -0.2) is 13.8 Å². The maximum Gasteiger partial charge on any atom is 0.282 e. The molecule has 2 aliphatic rings. The van der Waals surface area contributed by atoms with E-state index in [1.165, 1.54) is 12.7 Å². The molecule has 6 N–H and O–H groups in total. The number of anilines is 2. The Hall–Kier alpha value is -2.61. The second-order valence-electron chi connectivity index (χ2n) is 9.18. The molecule has 2 atom stereocenters. The van der Waals surface area contributed by atoms with Gasteiger partial charge in [0.2, 0.25) is 5.13 Å². The van der Waals surface area contributed by atoms with Gasteiger partial charge in [-0.15, -0.1) is 10.2 Å². The topological polar surface area (TPSA) is 135 Å². The van der Waals surface area contributed by atoms with E-state index in [1.807, 2.05) is 25.8 Å². The molecule has 2 fully saturated rings. The van der Waals surface area contributed by atoms with Crippen molar-refractivity contribution in [3.63, 3.8) is 0 Å². The largest absolute Gasteiger partial charge is 0.344 e. The zero-order valence-corrected chi connectivity index (χ0v) is 25.6. The summed E-state index contributed by atoms with van der Waals surface area (Å²) in [6.45, 7) is 7.87. The monoisotopic (exact) mass is 598 g/mol. The van der Waals surface area contributed by atoms with Crippen molar-refractivity contribution in [3.8, 4) is 0 Å². The molecular weight excluding hydrogens is 554 g/mol. The zero-order valence-electron chi connectivity index (χ0n) is 24.0. The lowest BCUT2D eigenvalue weighted by Crippen LogP contribution is -2.56. The Balaban J connectivity index is 0.000000381. The standard InChI is InChI=1S/C15H25N5S2.C10H12F2N2.CH5N.CH2O/c1-3-6-12(4-2)17-15-20-19-14(22-15)11-8-5-7-10(9-11)13(21)18-16;1-2-8-4-3-5-9(13-8)14-6-10(11,12)7-14;2*1-2/h6,10-11H,3-5,7-9,16H2,1-2H3,(H,17,20)(H,18,21);3-5H,2,6-7H2,1H3;2H2,1H3;1H2/b12-6+;;;/t10?,11-;;;/m0.../s1. The van der Waals surface area contributed by atoms with Crippen molar-refractivity contribution in [1.82, 2.24) is 20.6 Å². The van der Waals surface area contributed by atoms with E-state index >= 15 is 0 Å². The Labute approximate surface area is 246 Å². The summed E-state index contributed by atoms with van der Waals surface area (Å²) >= 11 is 6.96. The number of thiocarbonyl (C=S) groups is 1. The maximum absolute atomic E-state index is 12.6. The summed E-state index contributed by atoms with van der Waals surface area (Å²) in [7, 11) is 1.50. The van der Waals surface area contributed by atoms with Crippen LogP contribution in [0.15, 0.2) is 30.0 Å². The molecule has 1 saturated heterocycles. The van der Waals surface area contributed by atoms with Gasteiger partial charge in [0.05, 0.1) is 18.1 Å². The van der Waals surface area contributed by atoms with Crippen molar-refractivity contribution in [2.45, 2.75) is 77.6 Å². The fourth-order valence-corrected chi connectivity index (χ4v) is 5.54. The number of nitrogens with zero attached hydrogens (tertiary/aromatic N) is 4. The number of halogens is 2. The number of nitrogens with two attached hydrogens (primary N) is 2. The number of alkyl halides is 2. The average Bonchev–Trinajstić information content (AvgIpc) is 3.46. The van der Waals surface area contributed by atoms with Crippen LogP contribution in [0.1, 0.15) is 75.9 Å². The van der Waals surface area contributed by atoms with Crippen LogP contribution in [0.2, 0.25) is 0 Å². The van der Waals surface area contributed by atoms with Gasteiger partial charge in [-0.05, 0) is 57.7 Å². The Morgan fingerprint density at radius 3 is 2.50 bits per heavy atom. The molecule has 4 rings (SSSR count). The van der Waals surface area contributed by atoms with Crippen LogP contribution >= 0.6 is 23.6 Å². The Bertz CT molecular complexity index is 1050. The quantitative estimate of drug-likeness (QED) is 0.182. The maximum atomic E-state index is 12.6. The highest BCUT2D eigenvalue weighted by Gasteiger charge is 2.44. The lowest BCUT2D eigenvalue weighted by Gasteiger charge is -2.39. The van der Waals surface area contributed by atoms with Crippen LogP contribution in [0.25, 0.3) is 0 Å². The van der Waals surface area contributed by atoms with Gasteiger partial charge in [0.1, 0.15) is 17.6 Å². The third-order valence-electron chi connectivity index (χ3n) is 6.40. The van der Waals surface area contributed by atoms with E-state index in [9.17, 15) is 8.78 Å². The smallest absolute Gasteiger partial charge is 0.282 e. The number of carbonyl (C=O) groups excluding carboxylic acids is 1. The minimum atomic E-state index is -2.52. The van der Waals surface area contributed by atoms with Gasteiger partial charge < -0.3 is 26.2 Å². The summed E-state index contributed by atoms with van der Waals surface area (Å²) in [4.78, 5) is 14.6. The second-order valence-corrected chi connectivity index (χ2v) is 10.6. The Kier molecular flexibility index (Phi) is 16.5. The van der Waals surface area contributed by atoms with Gasteiger partial charge in [-0.3, -0.25) is 5.84 Å². The predicted octanol–water partition coefficient (Wildman–Crippen LogP) is 5.21. The van der Waals surface area contributed by atoms with Crippen molar-refractivity contribution in [2.75, 3.05) is 30.4 Å². The highest BCUT2D eigenvalue weighted by atomic mass is 32.1. The van der Waals surface area contributed by atoms with Crippen LogP contribution in [-0.4, -0.2) is 53.0 Å². The normalized spacial score (nSPS) is 19.3. The predicted molar refractivity (Wildman–Crippen MR) is 165 cm³/mol. The third kappa shape index (κ3) is 11.1. The summed E-state index contributed by atoms with van der Waals surface area (Å²) in [6, 6.07) is 5.54. The molecule has 224 valence electrons. The number of hydrogen-bond donors (Lipinski definition) is 4. The molecule has 13 heteroatoms. The van der Waals surface area contributed by atoms with Crippen molar-refractivity contribution >= 4 is 46.3 Å². The van der Waals surface area contributed by atoms with Crippen LogP contribution in [0.5, 0.6) is 0 Å². The first-order valence-electron chi connectivity index (χ1n) is 13.5. The Morgan fingerprint density at radius 2 is 1.93 bits per heavy atom. The van der Waals surface area contributed by atoms with E-state index in [-0.39, 0.29) is 13.1 Å². The van der Waals surface area contributed by atoms with Gasteiger partial charge in [-0.2, -0.15) is 0 Å². The van der Waals surface area contributed by atoms with Crippen molar-refractivity contribution in [2.24, 2.45) is 17.5 Å². The number of pyridine rings is 1. The lowest BCUT2D eigenvalue weighted by molar-refractivity contribution is -0.0980. The number of hydrazine groups is 1. The minimum Gasteiger partial charge on any atom is -0.344 e. The molecule has 2 aromatic heterocycles. The van der Waals surface area contributed by atoms with E-state index in [1.54, 1.807) is 22.3 Å². The summed E-state index contributed by atoms with van der Waals surface area (Å²) in [6.07, 6.45) is 9.48. The molecule has 1 unspecified atom stereocenters. The van der Waals surface area contributed by atoms with Gasteiger partial charge in [0.15, 0.2) is 0 Å². The van der Waals surface area contributed by atoms with Crippen molar-refractivity contribution in [3.05, 3.63) is 40.7 Å². The fraction of sp³-hybridized carbons (Fsp3) is 0.593. The molecule has 9 nitrogen and oxygen atoms in total. The number of hydrogen-bond acceptors (Lipinski definition) is 10. The summed E-state index contributed by atoms with van der Waals surface area (Å²) < 4.78 is 25.2. The number of carbonyl (C=O) groups is 1. The molecule has 2 aromatic rings. The first-order valence-corrected chi connectivity index (χ1v) is 14.8. The van der Waals surface area contributed by atoms with Crippen molar-refractivity contribution < 1.29 is 13.6 Å². The number of allylic oxidation sites excluding steroid dienone is 2. The SMILES string of the molecule is C=O.CC/C=C(\CC)Nc1nnc([C@H]2CCCC(C(=S)NN)C2)s1.CCc1cccc(N2CC(F)(F)C2)n1.CN. The molecule has 0 bridgehead atoms. The van der Waals surface area contributed by atoms with Crippen LogP contribution in [0.4, 0.5) is 19.7 Å². The number of aromatic nitrogens is 3. The highest BCUT2D eigenvalue weighted by molar-refractivity contribution is 7.80. The van der Waals surface area contributed by atoms with E-state index < -0.39 is 5.92 Å². The van der Waals surface area contributed by atoms with Crippen LogP contribution < -0.4 is 27.2 Å². The molecule has 0 radical (unpaired) electrons. The molecule has 40 heavy (non-hydrogen) atoms. The molecule has 1 aliphatic carbocycles. The number of aryl methyl sites for hydroxylation is 1. The molecule has 1 aliphatic heterocycles. The molecular formula is C27H44F2N8OS2. The third-order valence-corrected chi connectivity index (χ3v) is 7.85. The van der Waals surface area contributed by atoms with Gasteiger partial charge >= 0.3 is 0 Å². The van der Waals surface area contributed by atoms with Gasteiger partial charge in [0.25, 0.3) is 5.92 Å². The van der Waals surface area contributed by atoms with E-state index in [0.717, 1.165) is 65.8 Å². The van der Waals surface area contributed by atoms with E-state index in [0.29, 0.717) is 17.7 Å². The second kappa shape index (κ2) is 18.7. The fourth-order valence-electron chi connectivity index (χ4n) is 4.40. The molecule has 0 spiro atoms. The summed E-state index contributed by atoms with van der Waals surface area (Å²) in [5.74, 6) is 4.40. The van der Waals surface area contributed by atoms with E-state index in [2.05, 4.69) is 51.6 Å². The number of nitrogens with one attached hydrogen (secondary N) is 2. The zero-order chi connectivity index (χ0) is 30.1. The first kappa shape index (κ1) is 35.4. The lowest BCUT2D eigenvalue weighted by atomic mass is 9.82. The number of rotatable bonds is 8. The molecule has 3 heterocycles. The van der Waals surface area contributed by atoms with Crippen LogP contribution in [0.3, 0.4) is 0 Å². The first-order chi connectivity index (χ1) is 19.3. The Morgan fingerprint density at radius 1 is 1.23 bits per heavy atom. The van der Waals surface area contributed by atoms with Crippen molar-refractivity contribution in [1.29, 1.82) is 0 Å². The molecule has 1 saturated carbocycles. The summed E-state index contributed by atoms with van der Waals surface area (Å²) in [5, 5.41) is 14.1. The molecule has 0 amide bonds. The van der Waals surface area contributed by atoms with Crippen LogP contribution in [0, 0.1) is 5.92 Å². The highest BCUT2D eigenvalue weighted by Crippen LogP contribution is 2.38. The van der Waals surface area contributed by atoms with Crippen LogP contribution in [-0.2, 0) is 11.2 Å². The van der Waals surface area contributed by atoms with Gasteiger partial charge in [-0.1, -0.05) is 62.9 Å². The molecule has 0 aromatic carbocycles. The van der Waals surface area contributed by atoms with E-state index in [4.69, 9.17) is 22.9 Å². The average molecular weight is 599 g/mol. The van der Waals surface area contributed by atoms with Gasteiger partial charge in [0, 0.05) is 23.2 Å².